The molecule has 0 amide bonds. The second-order valence-electron chi connectivity index (χ2n) is 9.48. The van der Waals surface area contributed by atoms with Crippen LogP contribution in [-0.2, 0) is 0 Å². The Morgan fingerprint density at radius 1 is 1.25 bits per heavy atom. The molecule has 0 bridgehead atoms. The Hall–Kier alpha value is -2.94. The molecule has 1 aromatic heterocycles. The van der Waals surface area contributed by atoms with Crippen molar-refractivity contribution in [2.24, 2.45) is 0 Å². The Balaban J connectivity index is 1.95. The van der Waals surface area contributed by atoms with Crippen molar-refractivity contribution < 1.29 is 9.13 Å². The van der Waals surface area contributed by atoms with E-state index in [0.717, 1.165) is 62.2 Å². The maximum absolute atomic E-state index is 16.4. The van der Waals surface area contributed by atoms with Gasteiger partial charge in [-0.15, -0.1) is 0 Å². The highest BCUT2D eigenvalue weighted by Gasteiger charge is 2.26. The van der Waals surface area contributed by atoms with E-state index in [1.165, 1.54) is 0 Å². The molecule has 7 nitrogen and oxygen atoms in total. The summed E-state index contributed by atoms with van der Waals surface area (Å²) in [4.78, 5) is 9.02. The maximum atomic E-state index is 16.4. The first-order valence-corrected chi connectivity index (χ1v) is 12.6. The Bertz CT molecular complexity index is 1290. The highest BCUT2D eigenvalue weighted by molar-refractivity contribution is 6.35. The first-order valence-electron chi connectivity index (χ1n) is 12.2. The van der Waals surface area contributed by atoms with Crippen LogP contribution in [0.25, 0.3) is 22.0 Å². The minimum Gasteiger partial charge on any atom is -0.477 e. The van der Waals surface area contributed by atoms with E-state index >= 15 is 4.39 Å². The molecule has 0 aliphatic carbocycles. The van der Waals surface area contributed by atoms with Crippen molar-refractivity contribution in [3.63, 3.8) is 0 Å². The standard InChI is InChI=1S/C27H34ClFN6O/c1-16-6-7-21(31)19(15-30)22(16)23-20(28)14-18-25(24(23)29)33-27(36-13-5-10-34(3)4)17(2)26(18)35-11-8-32-9-12-35/h6-7,14-15,30,32H,5,8-13,31H2,1-4H3. The number of fused-ring (bicyclic) bond motifs is 1. The fraction of sp³-hybridized carbons (Fsp3) is 0.407. The van der Waals surface area contributed by atoms with Gasteiger partial charge < -0.3 is 31.0 Å². The normalized spacial score (nSPS) is 14.0. The first-order chi connectivity index (χ1) is 17.2. The number of aromatic nitrogens is 1. The van der Waals surface area contributed by atoms with Gasteiger partial charge in [-0.25, -0.2) is 9.37 Å². The summed E-state index contributed by atoms with van der Waals surface area (Å²) in [5.74, 6) is -0.109. The van der Waals surface area contributed by atoms with Crippen LogP contribution >= 0.6 is 11.6 Å². The summed E-state index contributed by atoms with van der Waals surface area (Å²) < 4.78 is 22.6. The summed E-state index contributed by atoms with van der Waals surface area (Å²) in [6.07, 6.45) is 1.97. The van der Waals surface area contributed by atoms with Crippen LogP contribution in [0.15, 0.2) is 18.2 Å². The van der Waals surface area contributed by atoms with Crippen molar-refractivity contribution in [2.75, 3.05) is 64.1 Å². The van der Waals surface area contributed by atoms with Gasteiger partial charge in [-0.1, -0.05) is 17.7 Å². The van der Waals surface area contributed by atoms with Gasteiger partial charge in [-0.05, 0) is 57.6 Å². The fourth-order valence-electron chi connectivity index (χ4n) is 4.83. The highest BCUT2D eigenvalue weighted by atomic mass is 35.5. The number of nitrogens with zero attached hydrogens (tertiary/aromatic N) is 3. The largest absolute Gasteiger partial charge is 0.477 e. The van der Waals surface area contributed by atoms with E-state index in [0.29, 0.717) is 34.7 Å². The number of pyridine rings is 1. The number of anilines is 2. The summed E-state index contributed by atoms with van der Waals surface area (Å²) in [7, 11) is 4.03. The van der Waals surface area contributed by atoms with Crippen molar-refractivity contribution in [3.8, 4) is 17.0 Å². The number of hydrogen-bond donors (Lipinski definition) is 3. The number of piperazine rings is 1. The molecule has 36 heavy (non-hydrogen) atoms. The van der Waals surface area contributed by atoms with E-state index in [1.807, 2.05) is 34.0 Å². The molecule has 2 aromatic carbocycles. The molecule has 4 rings (SSSR count). The Labute approximate surface area is 216 Å². The minimum absolute atomic E-state index is 0.202. The van der Waals surface area contributed by atoms with Gasteiger partial charge in [0.05, 0.1) is 17.3 Å². The zero-order chi connectivity index (χ0) is 26.0. The van der Waals surface area contributed by atoms with Crippen LogP contribution in [0.5, 0.6) is 5.88 Å². The van der Waals surface area contributed by atoms with Gasteiger partial charge >= 0.3 is 0 Å². The van der Waals surface area contributed by atoms with Crippen molar-refractivity contribution >= 4 is 40.1 Å². The van der Waals surface area contributed by atoms with Crippen molar-refractivity contribution in [2.45, 2.75) is 20.3 Å². The van der Waals surface area contributed by atoms with Gasteiger partial charge in [0.25, 0.3) is 0 Å². The monoisotopic (exact) mass is 512 g/mol. The van der Waals surface area contributed by atoms with Crippen LogP contribution in [-0.4, -0.2) is 69.5 Å². The highest BCUT2D eigenvalue weighted by Crippen LogP contribution is 2.44. The van der Waals surface area contributed by atoms with E-state index in [9.17, 15) is 0 Å². The lowest BCUT2D eigenvalue weighted by molar-refractivity contribution is 0.272. The lowest BCUT2D eigenvalue weighted by Gasteiger charge is -2.32. The Kier molecular flexibility index (Phi) is 7.97. The van der Waals surface area contributed by atoms with Gasteiger partial charge in [-0.3, -0.25) is 0 Å². The summed E-state index contributed by atoms with van der Waals surface area (Å²) in [6.45, 7) is 8.43. The summed E-state index contributed by atoms with van der Waals surface area (Å²) in [6, 6.07) is 5.32. The first kappa shape index (κ1) is 26.1. The van der Waals surface area contributed by atoms with Gasteiger partial charge in [0.1, 0.15) is 5.52 Å². The van der Waals surface area contributed by atoms with Crippen LogP contribution in [0.2, 0.25) is 5.02 Å². The van der Waals surface area contributed by atoms with Gasteiger partial charge in [0.2, 0.25) is 5.88 Å². The molecule has 1 saturated heterocycles. The maximum Gasteiger partial charge on any atom is 0.219 e. The third-order valence-electron chi connectivity index (χ3n) is 6.64. The molecule has 3 aromatic rings. The number of nitrogens with two attached hydrogens (primary N) is 1. The van der Waals surface area contributed by atoms with Crippen LogP contribution in [0.4, 0.5) is 15.8 Å². The summed E-state index contributed by atoms with van der Waals surface area (Å²) in [5, 5.41) is 12.2. The van der Waals surface area contributed by atoms with E-state index in [1.54, 1.807) is 12.1 Å². The van der Waals surface area contributed by atoms with Crippen molar-refractivity contribution in [1.82, 2.24) is 15.2 Å². The molecular formula is C27H34ClFN6O. The second kappa shape index (κ2) is 11.0. The number of benzene rings is 2. The topological polar surface area (TPSA) is 90.5 Å². The number of hydrogen-bond acceptors (Lipinski definition) is 7. The second-order valence-corrected chi connectivity index (χ2v) is 9.89. The number of nitrogens with one attached hydrogen (secondary N) is 2. The van der Waals surface area contributed by atoms with Gasteiger partial charge in [-0.2, -0.15) is 0 Å². The molecular weight excluding hydrogens is 479 g/mol. The number of aryl methyl sites for hydroxylation is 1. The average molecular weight is 513 g/mol. The minimum atomic E-state index is -0.538. The summed E-state index contributed by atoms with van der Waals surface area (Å²) >= 11 is 6.78. The number of nitrogen functional groups attached to an aromatic ring is 1. The lowest BCUT2D eigenvalue weighted by atomic mass is 9.92. The zero-order valence-corrected chi connectivity index (χ0v) is 22.1. The number of rotatable bonds is 8. The Morgan fingerprint density at radius 2 is 1.97 bits per heavy atom. The molecule has 0 saturated carbocycles. The van der Waals surface area contributed by atoms with E-state index in [2.05, 4.69) is 20.1 Å². The van der Waals surface area contributed by atoms with Gasteiger partial charge in [0.15, 0.2) is 5.82 Å². The van der Waals surface area contributed by atoms with Crippen LogP contribution in [0.3, 0.4) is 0 Å². The van der Waals surface area contributed by atoms with Crippen molar-refractivity contribution in [1.29, 1.82) is 5.41 Å². The molecule has 0 radical (unpaired) electrons. The quantitative estimate of drug-likeness (QED) is 0.231. The SMILES string of the molecule is Cc1ccc(N)c(C=N)c1-c1c(Cl)cc2c(N3CCNCC3)c(C)c(OCCCN(C)C)nc2c1F. The summed E-state index contributed by atoms with van der Waals surface area (Å²) in [5.41, 5.74) is 10.4. The molecule has 1 aliphatic rings. The molecule has 192 valence electrons. The molecule has 1 fully saturated rings. The predicted octanol–water partition coefficient (Wildman–Crippen LogP) is 4.63. The van der Waals surface area contributed by atoms with E-state index in [-0.39, 0.29) is 16.1 Å². The molecule has 0 atom stereocenters. The predicted molar refractivity (Wildman–Crippen MR) is 148 cm³/mol. The third-order valence-corrected chi connectivity index (χ3v) is 6.94. The molecule has 2 heterocycles. The molecule has 9 heteroatoms. The van der Waals surface area contributed by atoms with Crippen LogP contribution < -0.4 is 20.7 Å². The smallest absolute Gasteiger partial charge is 0.219 e. The van der Waals surface area contributed by atoms with Crippen LogP contribution in [0.1, 0.15) is 23.1 Å². The average Bonchev–Trinajstić information content (AvgIpc) is 2.85. The zero-order valence-electron chi connectivity index (χ0n) is 21.3. The molecule has 0 spiro atoms. The fourth-order valence-corrected chi connectivity index (χ4v) is 5.12. The van der Waals surface area contributed by atoms with Gasteiger partial charge in [0, 0.05) is 66.7 Å². The molecule has 0 unspecified atom stereocenters. The lowest BCUT2D eigenvalue weighted by Crippen LogP contribution is -2.44. The molecule has 1 aliphatic heterocycles. The number of halogens is 2. The molecule has 4 N–H and O–H groups in total. The third kappa shape index (κ3) is 4.98. The Morgan fingerprint density at radius 3 is 2.64 bits per heavy atom. The van der Waals surface area contributed by atoms with E-state index in [4.69, 9.17) is 27.5 Å². The van der Waals surface area contributed by atoms with Crippen LogP contribution in [0, 0.1) is 25.1 Å². The van der Waals surface area contributed by atoms with E-state index < -0.39 is 5.82 Å². The number of ether oxygens (including phenoxy) is 1. The van der Waals surface area contributed by atoms with Crippen molar-refractivity contribution in [3.05, 3.63) is 45.7 Å².